The van der Waals surface area contributed by atoms with Crippen molar-refractivity contribution in [3.8, 4) is 16.9 Å². The third-order valence-electron chi connectivity index (χ3n) is 4.30. The van der Waals surface area contributed by atoms with Crippen LogP contribution in [-0.2, 0) is 11.3 Å². The number of hydrogen-bond acceptors (Lipinski definition) is 5. The van der Waals surface area contributed by atoms with Crippen molar-refractivity contribution >= 4 is 11.9 Å². The molecular weight excluding hydrogens is 356 g/mol. The maximum absolute atomic E-state index is 11.2. The van der Waals surface area contributed by atoms with E-state index in [4.69, 9.17) is 9.57 Å². The number of oxime groups is 1. The zero-order valence-electron chi connectivity index (χ0n) is 15.7. The molecular formula is C22H20N2O4. The fourth-order valence-electron chi connectivity index (χ4n) is 3.08. The zero-order chi connectivity index (χ0) is 19.9. The molecule has 0 aliphatic rings. The van der Waals surface area contributed by atoms with Crippen molar-refractivity contribution in [3.63, 3.8) is 0 Å². The lowest BCUT2D eigenvalue weighted by atomic mass is 9.95. The van der Waals surface area contributed by atoms with Gasteiger partial charge in [-0.2, -0.15) is 0 Å². The maximum Gasteiger partial charge on any atom is 0.270 e. The van der Waals surface area contributed by atoms with E-state index in [1.54, 1.807) is 25.5 Å². The molecule has 0 atom stereocenters. The molecule has 0 aromatic heterocycles. The van der Waals surface area contributed by atoms with E-state index in [9.17, 15) is 10.1 Å². The number of hydrogen-bond donors (Lipinski definition) is 0. The fourth-order valence-corrected chi connectivity index (χ4v) is 3.08. The molecule has 0 N–H and O–H groups in total. The van der Waals surface area contributed by atoms with E-state index >= 15 is 0 Å². The first-order valence-electron chi connectivity index (χ1n) is 8.68. The second-order valence-corrected chi connectivity index (χ2v) is 6.15. The quantitative estimate of drug-likeness (QED) is 0.336. The second-order valence-electron chi connectivity index (χ2n) is 6.15. The monoisotopic (exact) mass is 376 g/mol. The average molecular weight is 376 g/mol. The molecule has 0 fully saturated rings. The molecule has 0 aliphatic carbocycles. The van der Waals surface area contributed by atoms with E-state index in [0.717, 1.165) is 22.3 Å². The van der Waals surface area contributed by atoms with Gasteiger partial charge in [-0.25, -0.2) is 0 Å². The van der Waals surface area contributed by atoms with Gasteiger partial charge in [0.1, 0.15) is 12.9 Å². The number of benzene rings is 3. The largest absolute Gasteiger partial charge is 0.495 e. The van der Waals surface area contributed by atoms with Crippen molar-refractivity contribution in [2.45, 2.75) is 6.42 Å². The van der Waals surface area contributed by atoms with Crippen LogP contribution in [0.4, 0.5) is 5.69 Å². The molecule has 0 aliphatic heterocycles. The number of nitrogens with zero attached hydrogens (tertiary/aromatic N) is 2. The van der Waals surface area contributed by atoms with Crippen LogP contribution >= 0.6 is 0 Å². The van der Waals surface area contributed by atoms with E-state index < -0.39 is 4.92 Å². The molecule has 3 aromatic carbocycles. The number of nitro benzene ring substituents is 1. The minimum Gasteiger partial charge on any atom is -0.495 e. The van der Waals surface area contributed by atoms with Crippen LogP contribution in [0.2, 0.25) is 0 Å². The molecule has 6 heteroatoms. The van der Waals surface area contributed by atoms with Gasteiger partial charge < -0.3 is 9.57 Å². The molecule has 6 nitrogen and oxygen atoms in total. The van der Waals surface area contributed by atoms with Crippen LogP contribution in [0.25, 0.3) is 11.1 Å². The Morgan fingerprint density at radius 1 is 1.00 bits per heavy atom. The number of ether oxygens (including phenoxy) is 1. The number of methoxy groups -OCH3 is 1. The zero-order valence-corrected chi connectivity index (χ0v) is 15.7. The average Bonchev–Trinajstić information content (AvgIpc) is 2.72. The summed E-state index contributed by atoms with van der Waals surface area (Å²) in [6, 6.07) is 20.6. The van der Waals surface area contributed by atoms with Crippen molar-refractivity contribution in [2.75, 3.05) is 14.2 Å². The first kappa shape index (κ1) is 19.1. The Kier molecular flexibility index (Phi) is 6.01. The van der Waals surface area contributed by atoms with Gasteiger partial charge in [-0.3, -0.25) is 10.1 Å². The van der Waals surface area contributed by atoms with Gasteiger partial charge in [-0.05, 0) is 35.2 Å². The summed E-state index contributed by atoms with van der Waals surface area (Å²) in [7, 11) is 3.04. The number of non-ortho nitro benzene ring substituents is 1. The molecule has 3 aromatic rings. The Morgan fingerprint density at radius 3 is 2.46 bits per heavy atom. The Morgan fingerprint density at radius 2 is 1.79 bits per heavy atom. The first-order chi connectivity index (χ1) is 13.6. The summed E-state index contributed by atoms with van der Waals surface area (Å²) < 4.78 is 5.62. The van der Waals surface area contributed by atoms with Crippen molar-refractivity contribution < 1.29 is 14.5 Å². The standard InChI is InChI=1S/C22H20N2O4/c1-27-22-19(15-23-28-2)12-17(11-16-7-4-3-5-8-16)13-21(22)18-9-6-10-20(14-18)24(25)26/h3-10,12-15H,11H2,1-2H3/b23-15+. The van der Waals surface area contributed by atoms with Crippen LogP contribution in [0, 0.1) is 10.1 Å². The highest BCUT2D eigenvalue weighted by atomic mass is 16.6. The highest BCUT2D eigenvalue weighted by molar-refractivity contribution is 5.89. The Balaban J connectivity index is 2.15. The fraction of sp³-hybridized carbons (Fsp3) is 0.136. The van der Waals surface area contributed by atoms with Crippen LogP contribution in [0.1, 0.15) is 16.7 Å². The lowest BCUT2D eigenvalue weighted by Gasteiger charge is -2.14. The normalized spacial score (nSPS) is 10.8. The summed E-state index contributed by atoms with van der Waals surface area (Å²) in [5.74, 6) is 0.582. The summed E-state index contributed by atoms with van der Waals surface area (Å²) in [6.07, 6.45) is 2.29. The molecule has 28 heavy (non-hydrogen) atoms. The minimum atomic E-state index is -0.406. The smallest absolute Gasteiger partial charge is 0.270 e. The van der Waals surface area contributed by atoms with E-state index in [-0.39, 0.29) is 5.69 Å². The summed E-state index contributed by atoms with van der Waals surface area (Å²) in [5.41, 5.74) is 4.42. The molecule has 3 rings (SSSR count). The summed E-state index contributed by atoms with van der Waals surface area (Å²) in [5, 5.41) is 15.1. The van der Waals surface area contributed by atoms with Gasteiger partial charge in [-0.15, -0.1) is 0 Å². The highest BCUT2D eigenvalue weighted by Crippen LogP contribution is 2.36. The predicted molar refractivity (Wildman–Crippen MR) is 109 cm³/mol. The first-order valence-corrected chi connectivity index (χ1v) is 8.68. The topological polar surface area (TPSA) is 74.0 Å². The molecule has 0 bridgehead atoms. The van der Waals surface area contributed by atoms with Gasteiger partial charge in [0.2, 0.25) is 0 Å². The van der Waals surface area contributed by atoms with Crippen LogP contribution in [0.5, 0.6) is 5.75 Å². The van der Waals surface area contributed by atoms with Gasteiger partial charge >= 0.3 is 0 Å². The Bertz CT molecular complexity index is 1000. The number of nitro groups is 1. The molecule has 0 saturated heterocycles. The van der Waals surface area contributed by atoms with Gasteiger partial charge in [0.05, 0.1) is 18.2 Å². The molecule has 0 heterocycles. The van der Waals surface area contributed by atoms with Gasteiger partial charge in [0, 0.05) is 23.3 Å². The van der Waals surface area contributed by atoms with Crippen molar-refractivity contribution in [1.82, 2.24) is 0 Å². The van der Waals surface area contributed by atoms with E-state index in [0.29, 0.717) is 17.7 Å². The summed E-state index contributed by atoms with van der Waals surface area (Å²) >= 11 is 0. The maximum atomic E-state index is 11.2. The summed E-state index contributed by atoms with van der Waals surface area (Å²) in [4.78, 5) is 15.6. The van der Waals surface area contributed by atoms with E-state index in [2.05, 4.69) is 17.3 Å². The SMILES string of the molecule is CO/N=C/c1cc(Cc2ccccc2)cc(-c2cccc([N+](=O)[O-])c2)c1OC. The lowest BCUT2D eigenvalue weighted by molar-refractivity contribution is -0.384. The third kappa shape index (κ3) is 4.35. The lowest BCUT2D eigenvalue weighted by Crippen LogP contribution is -1.99. The molecule has 142 valence electrons. The van der Waals surface area contributed by atoms with E-state index in [1.807, 2.05) is 36.4 Å². The van der Waals surface area contributed by atoms with Crippen LogP contribution in [0.3, 0.4) is 0 Å². The second kappa shape index (κ2) is 8.81. The van der Waals surface area contributed by atoms with Crippen molar-refractivity contribution in [2.24, 2.45) is 5.16 Å². The van der Waals surface area contributed by atoms with Crippen LogP contribution < -0.4 is 4.74 Å². The third-order valence-corrected chi connectivity index (χ3v) is 4.30. The molecule has 0 saturated carbocycles. The number of rotatable bonds is 7. The Labute approximate surface area is 163 Å². The van der Waals surface area contributed by atoms with Crippen molar-refractivity contribution in [3.05, 3.63) is 93.5 Å². The Hall–Kier alpha value is -3.67. The predicted octanol–water partition coefficient (Wildman–Crippen LogP) is 4.84. The van der Waals surface area contributed by atoms with E-state index in [1.165, 1.54) is 13.2 Å². The van der Waals surface area contributed by atoms with Gasteiger partial charge in [-0.1, -0.05) is 47.6 Å². The van der Waals surface area contributed by atoms with Gasteiger partial charge in [0.15, 0.2) is 0 Å². The molecule has 0 unspecified atom stereocenters. The van der Waals surface area contributed by atoms with Gasteiger partial charge in [0.25, 0.3) is 5.69 Å². The molecule has 0 spiro atoms. The van der Waals surface area contributed by atoms with Crippen LogP contribution in [0.15, 0.2) is 71.9 Å². The highest BCUT2D eigenvalue weighted by Gasteiger charge is 2.15. The molecule has 0 amide bonds. The molecule has 0 radical (unpaired) electrons. The minimum absolute atomic E-state index is 0.0279. The summed E-state index contributed by atoms with van der Waals surface area (Å²) in [6.45, 7) is 0. The van der Waals surface area contributed by atoms with Crippen molar-refractivity contribution in [1.29, 1.82) is 0 Å². The van der Waals surface area contributed by atoms with Crippen LogP contribution in [-0.4, -0.2) is 25.4 Å².